The molecule has 0 unspecified atom stereocenters. The Morgan fingerprint density at radius 3 is 2.84 bits per heavy atom. The second kappa shape index (κ2) is 7.22. The number of hydrogen-bond donors (Lipinski definition) is 2. The van der Waals surface area contributed by atoms with Crippen LogP contribution in [0, 0.1) is 6.92 Å². The van der Waals surface area contributed by atoms with E-state index in [2.05, 4.69) is 25.6 Å². The summed E-state index contributed by atoms with van der Waals surface area (Å²) in [6.45, 7) is 3.63. The first kappa shape index (κ1) is 16.8. The normalized spacial score (nSPS) is 10.5. The number of aryl methyl sites for hydroxylation is 1. The van der Waals surface area contributed by atoms with E-state index in [9.17, 15) is 9.59 Å². The first-order chi connectivity index (χ1) is 12.0. The third-order valence-electron chi connectivity index (χ3n) is 3.36. The minimum Gasteiger partial charge on any atom is -0.347 e. The van der Waals surface area contributed by atoms with E-state index in [1.54, 1.807) is 17.8 Å². The molecule has 0 saturated heterocycles. The molecular weight excluding hydrogens is 340 g/mol. The van der Waals surface area contributed by atoms with Gasteiger partial charge in [-0.15, -0.1) is 11.3 Å². The van der Waals surface area contributed by atoms with Gasteiger partial charge in [0.1, 0.15) is 17.3 Å². The zero-order valence-electron chi connectivity index (χ0n) is 13.7. The lowest BCUT2D eigenvalue weighted by atomic mass is 10.2. The molecule has 9 heteroatoms. The molecule has 0 spiro atoms. The molecule has 3 rings (SSSR count). The predicted molar refractivity (Wildman–Crippen MR) is 93.7 cm³/mol. The van der Waals surface area contributed by atoms with E-state index in [0.29, 0.717) is 11.7 Å². The highest BCUT2D eigenvalue weighted by atomic mass is 32.1. The summed E-state index contributed by atoms with van der Waals surface area (Å²) in [5, 5.41) is 7.37. The molecule has 0 aliphatic heterocycles. The zero-order chi connectivity index (χ0) is 17.8. The van der Waals surface area contributed by atoms with Crippen LogP contribution in [0.1, 0.15) is 28.8 Å². The number of carbonyl (C=O) groups is 2. The Morgan fingerprint density at radius 1 is 1.28 bits per heavy atom. The number of thiazole rings is 1. The first-order valence-electron chi connectivity index (χ1n) is 7.49. The minimum absolute atomic E-state index is 0.222. The Bertz CT molecular complexity index is 917. The summed E-state index contributed by atoms with van der Waals surface area (Å²) in [6, 6.07) is 3.72. The van der Waals surface area contributed by atoms with E-state index in [4.69, 9.17) is 0 Å². The van der Waals surface area contributed by atoms with Crippen LogP contribution < -0.4 is 10.6 Å². The smallest absolute Gasteiger partial charge is 0.271 e. The number of imidazole rings is 1. The van der Waals surface area contributed by atoms with Gasteiger partial charge in [-0.05, 0) is 24.6 Å². The highest BCUT2D eigenvalue weighted by Gasteiger charge is 2.11. The molecule has 25 heavy (non-hydrogen) atoms. The van der Waals surface area contributed by atoms with Crippen LogP contribution in [-0.4, -0.2) is 31.3 Å². The Labute approximate surface area is 148 Å². The molecule has 0 atom stereocenters. The van der Waals surface area contributed by atoms with Crippen molar-refractivity contribution in [2.45, 2.75) is 20.4 Å². The van der Waals surface area contributed by atoms with Crippen molar-refractivity contribution in [1.82, 2.24) is 24.8 Å². The third kappa shape index (κ3) is 4.07. The molecule has 3 heterocycles. The number of pyridine rings is 1. The van der Waals surface area contributed by atoms with Crippen molar-refractivity contribution in [3.63, 3.8) is 0 Å². The summed E-state index contributed by atoms with van der Waals surface area (Å²) >= 11 is 1.21. The summed E-state index contributed by atoms with van der Waals surface area (Å²) in [6.07, 6.45) is 5.23. The number of nitrogens with one attached hydrogen (secondary N) is 2. The third-order valence-corrected chi connectivity index (χ3v) is 4.11. The van der Waals surface area contributed by atoms with Crippen molar-refractivity contribution in [1.29, 1.82) is 0 Å². The number of amides is 2. The van der Waals surface area contributed by atoms with Crippen molar-refractivity contribution in [2.75, 3.05) is 5.32 Å². The Hall–Kier alpha value is -3.07. The molecule has 2 N–H and O–H groups in total. The van der Waals surface area contributed by atoms with Crippen LogP contribution in [-0.2, 0) is 11.3 Å². The van der Waals surface area contributed by atoms with E-state index >= 15 is 0 Å². The second-order valence-corrected chi connectivity index (χ2v) is 6.13. The van der Waals surface area contributed by atoms with E-state index in [-0.39, 0.29) is 17.5 Å². The average molecular weight is 356 g/mol. The number of anilines is 1. The van der Waals surface area contributed by atoms with E-state index in [1.807, 2.05) is 29.8 Å². The van der Waals surface area contributed by atoms with Crippen LogP contribution in [0.5, 0.6) is 0 Å². The van der Waals surface area contributed by atoms with Gasteiger partial charge in [-0.2, -0.15) is 0 Å². The van der Waals surface area contributed by atoms with Gasteiger partial charge in [0.05, 0.1) is 0 Å². The number of nitrogens with zero attached hydrogens (tertiary/aromatic N) is 4. The molecule has 0 saturated carbocycles. The lowest BCUT2D eigenvalue weighted by Gasteiger charge is -2.07. The minimum atomic E-state index is -0.301. The van der Waals surface area contributed by atoms with Crippen LogP contribution >= 0.6 is 11.3 Å². The van der Waals surface area contributed by atoms with Gasteiger partial charge in [-0.25, -0.2) is 15.0 Å². The molecule has 0 aliphatic carbocycles. The maximum absolute atomic E-state index is 12.2. The standard InChI is InChI=1S/C16H16N6O2S/c1-10-17-5-6-22(10)14-7-12(3-4-18-14)8-19-15(24)13-9-25-16(21-13)20-11(2)23/h3-7,9H,8H2,1-2H3,(H,19,24)(H,20,21,23). The zero-order valence-corrected chi connectivity index (χ0v) is 14.5. The maximum Gasteiger partial charge on any atom is 0.271 e. The summed E-state index contributed by atoms with van der Waals surface area (Å²) in [4.78, 5) is 35.7. The quantitative estimate of drug-likeness (QED) is 0.727. The Kier molecular flexibility index (Phi) is 4.85. The van der Waals surface area contributed by atoms with Gasteiger partial charge >= 0.3 is 0 Å². The Morgan fingerprint density at radius 2 is 2.12 bits per heavy atom. The molecule has 0 fully saturated rings. The Balaban J connectivity index is 1.65. The number of carbonyl (C=O) groups excluding carboxylic acids is 2. The average Bonchev–Trinajstić information content (AvgIpc) is 3.21. The van der Waals surface area contributed by atoms with Gasteiger partial charge in [-0.3, -0.25) is 14.2 Å². The van der Waals surface area contributed by atoms with Crippen molar-refractivity contribution < 1.29 is 9.59 Å². The summed E-state index contributed by atoms with van der Waals surface area (Å²) in [5.41, 5.74) is 1.18. The molecule has 0 aromatic carbocycles. The summed E-state index contributed by atoms with van der Waals surface area (Å²) < 4.78 is 1.87. The highest BCUT2D eigenvalue weighted by Crippen LogP contribution is 2.15. The summed E-state index contributed by atoms with van der Waals surface area (Å²) in [5.74, 6) is 1.05. The topological polar surface area (TPSA) is 102 Å². The highest BCUT2D eigenvalue weighted by molar-refractivity contribution is 7.14. The van der Waals surface area contributed by atoms with Crippen molar-refractivity contribution >= 4 is 28.3 Å². The van der Waals surface area contributed by atoms with E-state index in [0.717, 1.165) is 17.2 Å². The molecule has 2 amide bonds. The predicted octanol–water partition coefficient (Wildman–Crippen LogP) is 1.92. The van der Waals surface area contributed by atoms with Gasteiger partial charge in [0.25, 0.3) is 5.91 Å². The molecule has 0 aliphatic rings. The first-order valence-corrected chi connectivity index (χ1v) is 8.37. The largest absolute Gasteiger partial charge is 0.347 e. The van der Waals surface area contributed by atoms with E-state index < -0.39 is 0 Å². The van der Waals surface area contributed by atoms with Crippen molar-refractivity contribution in [2.24, 2.45) is 0 Å². The van der Waals surface area contributed by atoms with Crippen LogP contribution in [0.15, 0.2) is 36.1 Å². The maximum atomic E-state index is 12.2. The molecule has 3 aromatic rings. The van der Waals surface area contributed by atoms with Gasteiger partial charge in [0, 0.05) is 37.4 Å². The lowest BCUT2D eigenvalue weighted by molar-refractivity contribution is -0.114. The number of hydrogen-bond acceptors (Lipinski definition) is 6. The molecule has 0 radical (unpaired) electrons. The van der Waals surface area contributed by atoms with Crippen molar-refractivity contribution in [3.8, 4) is 5.82 Å². The van der Waals surface area contributed by atoms with Gasteiger partial charge < -0.3 is 10.6 Å². The monoisotopic (exact) mass is 356 g/mol. The van der Waals surface area contributed by atoms with Crippen LogP contribution in [0.4, 0.5) is 5.13 Å². The number of rotatable bonds is 5. The van der Waals surface area contributed by atoms with Gasteiger partial charge in [0.15, 0.2) is 5.13 Å². The van der Waals surface area contributed by atoms with Crippen LogP contribution in [0.25, 0.3) is 5.82 Å². The molecule has 0 bridgehead atoms. The fraction of sp³-hybridized carbons (Fsp3) is 0.188. The molecule has 8 nitrogen and oxygen atoms in total. The number of aromatic nitrogens is 4. The lowest BCUT2D eigenvalue weighted by Crippen LogP contribution is -2.23. The fourth-order valence-electron chi connectivity index (χ4n) is 2.18. The summed E-state index contributed by atoms with van der Waals surface area (Å²) in [7, 11) is 0. The molecule has 3 aromatic heterocycles. The van der Waals surface area contributed by atoms with Crippen LogP contribution in [0.3, 0.4) is 0 Å². The second-order valence-electron chi connectivity index (χ2n) is 5.27. The fourth-order valence-corrected chi connectivity index (χ4v) is 2.92. The van der Waals surface area contributed by atoms with Crippen LogP contribution in [0.2, 0.25) is 0 Å². The van der Waals surface area contributed by atoms with Crippen molar-refractivity contribution in [3.05, 3.63) is 53.2 Å². The van der Waals surface area contributed by atoms with Gasteiger partial charge in [0.2, 0.25) is 5.91 Å². The molecular formula is C16H16N6O2S. The van der Waals surface area contributed by atoms with Gasteiger partial charge in [-0.1, -0.05) is 0 Å². The van der Waals surface area contributed by atoms with E-state index in [1.165, 1.54) is 18.3 Å². The molecule has 128 valence electrons. The SMILES string of the molecule is CC(=O)Nc1nc(C(=O)NCc2ccnc(-n3ccnc3C)c2)cs1.